The maximum Gasteiger partial charge on any atom is 0.416 e. The van der Waals surface area contributed by atoms with Crippen LogP contribution in [0.2, 0.25) is 0 Å². The van der Waals surface area contributed by atoms with E-state index in [2.05, 4.69) is 5.32 Å². The quantitative estimate of drug-likeness (QED) is 0.458. The minimum absolute atomic E-state index is 0.203. The first-order valence-electron chi connectivity index (χ1n) is 8.15. The van der Waals surface area contributed by atoms with Crippen LogP contribution in [0, 0.1) is 0 Å². The summed E-state index contributed by atoms with van der Waals surface area (Å²) in [6.45, 7) is 0.325. The summed E-state index contributed by atoms with van der Waals surface area (Å²) >= 11 is 0. The fourth-order valence-corrected chi connectivity index (χ4v) is 3.28. The van der Waals surface area contributed by atoms with E-state index in [1.165, 1.54) is 30.5 Å². The highest BCUT2D eigenvalue weighted by molar-refractivity contribution is 5.30. The van der Waals surface area contributed by atoms with E-state index in [1.54, 1.807) is 7.05 Å². The summed E-state index contributed by atoms with van der Waals surface area (Å²) in [5.41, 5.74) is 4.80. The van der Waals surface area contributed by atoms with Crippen molar-refractivity contribution in [1.29, 1.82) is 0 Å². The molecule has 6 N–H and O–H groups in total. The van der Waals surface area contributed by atoms with Gasteiger partial charge in [0.15, 0.2) is 0 Å². The summed E-state index contributed by atoms with van der Waals surface area (Å²) in [6, 6.07) is 3.95. The third-order valence-corrected chi connectivity index (χ3v) is 4.44. The van der Waals surface area contributed by atoms with Gasteiger partial charge in [0, 0.05) is 38.5 Å². The van der Waals surface area contributed by atoms with Crippen LogP contribution in [0.25, 0.3) is 0 Å². The monoisotopic (exact) mass is 374 g/mol. The van der Waals surface area contributed by atoms with Crippen LogP contribution in [0.5, 0.6) is 0 Å². The van der Waals surface area contributed by atoms with Gasteiger partial charge in [-0.25, -0.2) is 5.84 Å². The van der Waals surface area contributed by atoms with Crippen molar-refractivity contribution in [3.05, 3.63) is 47.3 Å². The minimum Gasteiger partial charge on any atom is -0.400 e. The number of hydrogen-bond acceptors (Lipinski definition) is 6. The third kappa shape index (κ3) is 4.88. The van der Waals surface area contributed by atoms with Crippen LogP contribution in [0.1, 0.15) is 24.0 Å². The maximum absolute atomic E-state index is 12.8. The smallest absolute Gasteiger partial charge is 0.400 e. The molecular weight excluding hydrogens is 349 g/mol. The van der Waals surface area contributed by atoms with Crippen LogP contribution in [0.4, 0.5) is 13.2 Å². The molecule has 0 bridgehead atoms. The van der Waals surface area contributed by atoms with Crippen LogP contribution < -0.4 is 16.9 Å². The van der Waals surface area contributed by atoms with Gasteiger partial charge in [0.25, 0.3) is 0 Å². The van der Waals surface area contributed by atoms with Crippen molar-refractivity contribution in [2.24, 2.45) is 11.6 Å². The van der Waals surface area contributed by atoms with E-state index >= 15 is 0 Å². The van der Waals surface area contributed by atoms with Gasteiger partial charge in [-0.15, -0.1) is 0 Å². The number of hydrogen-bond donors (Lipinski definition) is 4. The van der Waals surface area contributed by atoms with Crippen molar-refractivity contribution in [1.82, 2.24) is 10.3 Å². The van der Waals surface area contributed by atoms with Crippen molar-refractivity contribution in [2.45, 2.75) is 36.7 Å². The number of benzene rings is 1. The van der Waals surface area contributed by atoms with Crippen molar-refractivity contribution in [3.8, 4) is 0 Å². The number of piperidine rings is 1. The molecule has 0 aliphatic carbocycles. The first-order valence-corrected chi connectivity index (χ1v) is 8.15. The zero-order valence-corrected chi connectivity index (χ0v) is 14.8. The summed E-state index contributed by atoms with van der Waals surface area (Å²) in [6.07, 6.45) is -2.40. The lowest BCUT2D eigenvalue weighted by Crippen LogP contribution is -2.55. The molecule has 9 heteroatoms. The second-order valence-corrected chi connectivity index (χ2v) is 6.68. The van der Waals surface area contributed by atoms with Gasteiger partial charge >= 0.3 is 6.18 Å². The second kappa shape index (κ2) is 7.83. The standard InChI is InChI=1S/C17H25F3N4O2/c1-24(22)9-14(21)15-8-16(25,7-13(23-15)10-26-2)11-3-5-12(6-4-11)17(18,19)20/h3-6,9,13,15,23,25H,7-8,10,21-22H2,1-2H3/b14-9-. The molecule has 2 rings (SSSR count). The Balaban J connectivity index is 2.31. The number of rotatable bonds is 5. The maximum atomic E-state index is 12.8. The molecule has 1 heterocycles. The number of methoxy groups -OCH3 is 1. The molecule has 1 saturated heterocycles. The lowest BCUT2D eigenvalue weighted by atomic mass is 9.78. The largest absolute Gasteiger partial charge is 0.416 e. The molecular formula is C17H25F3N4O2. The predicted octanol–water partition coefficient (Wildman–Crippen LogP) is 1.27. The Morgan fingerprint density at radius 2 is 2.00 bits per heavy atom. The summed E-state index contributed by atoms with van der Waals surface area (Å²) in [7, 11) is 3.15. The number of ether oxygens (including phenoxy) is 1. The van der Waals surface area contributed by atoms with Crippen LogP contribution >= 0.6 is 0 Å². The Kier molecular flexibility index (Phi) is 6.17. The minimum atomic E-state index is -4.42. The highest BCUT2D eigenvalue weighted by Gasteiger charge is 2.41. The molecule has 3 atom stereocenters. The number of nitrogens with one attached hydrogen (secondary N) is 1. The van der Waals surface area contributed by atoms with Gasteiger partial charge in [0.2, 0.25) is 0 Å². The van der Waals surface area contributed by atoms with Crippen molar-refractivity contribution < 1.29 is 23.0 Å². The van der Waals surface area contributed by atoms with Gasteiger partial charge in [0.05, 0.1) is 23.8 Å². The molecule has 1 aliphatic rings. The molecule has 0 saturated carbocycles. The van der Waals surface area contributed by atoms with Gasteiger partial charge < -0.3 is 25.9 Å². The molecule has 0 aromatic heterocycles. The fraction of sp³-hybridized carbons (Fsp3) is 0.529. The van der Waals surface area contributed by atoms with Crippen molar-refractivity contribution >= 4 is 0 Å². The van der Waals surface area contributed by atoms with Gasteiger partial charge in [-0.2, -0.15) is 13.2 Å². The topological polar surface area (TPSA) is 96.8 Å². The fourth-order valence-electron chi connectivity index (χ4n) is 3.28. The summed E-state index contributed by atoms with van der Waals surface area (Å²) in [4.78, 5) is 0. The number of nitrogens with two attached hydrogens (primary N) is 2. The first kappa shape index (κ1) is 20.5. The molecule has 6 nitrogen and oxygen atoms in total. The van der Waals surface area contributed by atoms with Crippen molar-refractivity contribution in [3.63, 3.8) is 0 Å². The van der Waals surface area contributed by atoms with E-state index in [0.717, 1.165) is 12.1 Å². The number of alkyl halides is 3. The highest BCUT2D eigenvalue weighted by Crippen LogP contribution is 2.38. The Labute approximate surface area is 150 Å². The average Bonchev–Trinajstić information content (AvgIpc) is 2.53. The van der Waals surface area contributed by atoms with Crippen LogP contribution in [-0.4, -0.2) is 43.0 Å². The third-order valence-electron chi connectivity index (χ3n) is 4.44. The summed E-state index contributed by atoms with van der Waals surface area (Å²) in [5.74, 6) is 5.58. The lowest BCUT2D eigenvalue weighted by molar-refractivity contribution is -0.137. The average molecular weight is 374 g/mol. The number of hydrazine groups is 1. The van der Waals surface area contributed by atoms with Crippen molar-refractivity contribution in [2.75, 3.05) is 20.8 Å². The molecule has 1 aliphatic heterocycles. The summed E-state index contributed by atoms with van der Waals surface area (Å²) in [5, 5.41) is 15.8. The Hall–Kier alpha value is -1.81. The van der Waals surface area contributed by atoms with E-state index in [-0.39, 0.29) is 18.9 Å². The number of nitrogens with zero attached hydrogens (tertiary/aromatic N) is 1. The second-order valence-electron chi connectivity index (χ2n) is 6.68. The molecule has 0 radical (unpaired) electrons. The van der Waals surface area contributed by atoms with E-state index in [1.807, 2.05) is 0 Å². The molecule has 3 unspecified atom stereocenters. The molecule has 1 fully saturated rings. The van der Waals surface area contributed by atoms with Gasteiger partial charge in [-0.1, -0.05) is 12.1 Å². The van der Waals surface area contributed by atoms with E-state index in [9.17, 15) is 18.3 Å². The van der Waals surface area contributed by atoms with Gasteiger partial charge in [-0.05, 0) is 24.1 Å². The zero-order chi connectivity index (χ0) is 19.5. The predicted molar refractivity (Wildman–Crippen MR) is 91.4 cm³/mol. The Morgan fingerprint density at radius 1 is 1.38 bits per heavy atom. The Morgan fingerprint density at radius 3 is 2.50 bits per heavy atom. The van der Waals surface area contributed by atoms with Gasteiger partial charge in [0.1, 0.15) is 0 Å². The first-order chi connectivity index (χ1) is 12.0. The van der Waals surface area contributed by atoms with Gasteiger partial charge in [-0.3, -0.25) is 0 Å². The molecule has 1 aromatic rings. The van der Waals surface area contributed by atoms with E-state index in [4.69, 9.17) is 16.3 Å². The molecule has 0 spiro atoms. The molecule has 0 amide bonds. The lowest BCUT2D eigenvalue weighted by Gasteiger charge is -2.42. The number of halogens is 3. The summed E-state index contributed by atoms with van der Waals surface area (Å²) < 4.78 is 43.5. The van der Waals surface area contributed by atoms with Crippen LogP contribution in [0.3, 0.4) is 0 Å². The molecule has 146 valence electrons. The zero-order valence-electron chi connectivity index (χ0n) is 14.8. The normalized spacial score (nSPS) is 27.4. The SMILES string of the molecule is COCC1CC(O)(c2ccc(C(F)(F)F)cc2)CC(/C(N)=C/N(C)N)N1. The Bertz CT molecular complexity index is 634. The van der Waals surface area contributed by atoms with Crippen LogP contribution in [-0.2, 0) is 16.5 Å². The highest BCUT2D eigenvalue weighted by atomic mass is 19.4. The van der Waals surface area contributed by atoms with E-state index < -0.39 is 23.4 Å². The molecule has 1 aromatic carbocycles. The van der Waals surface area contributed by atoms with Crippen LogP contribution in [0.15, 0.2) is 36.2 Å². The number of aliphatic hydroxyl groups is 1. The molecule has 26 heavy (non-hydrogen) atoms. The van der Waals surface area contributed by atoms with E-state index in [0.29, 0.717) is 17.9 Å².